The van der Waals surface area contributed by atoms with E-state index in [0.717, 1.165) is 29.3 Å². The first-order valence-electron chi connectivity index (χ1n) is 6.67. The van der Waals surface area contributed by atoms with Gasteiger partial charge in [-0.25, -0.2) is 0 Å². The molecule has 1 N–H and O–H groups in total. The molecule has 0 aliphatic carbocycles. The van der Waals surface area contributed by atoms with E-state index in [1.165, 1.54) is 0 Å². The van der Waals surface area contributed by atoms with Crippen molar-refractivity contribution in [1.82, 2.24) is 4.90 Å². The number of carbonyl (C=O) groups is 1. The van der Waals surface area contributed by atoms with Gasteiger partial charge < -0.3 is 10.0 Å². The van der Waals surface area contributed by atoms with Gasteiger partial charge in [0, 0.05) is 31.2 Å². The lowest BCUT2D eigenvalue weighted by Gasteiger charge is -2.17. The van der Waals surface area contributed by atoms with Crippen LogP contribution in [-0.4, -0.2) is 35.6 Å². The minimum atomic E-state index is 0.0766. The molecule has 1 aliphatic heterocycles. The van der Waals surface area contributed by atoms with Gasteiger partial charge in [0.15, 0.2) is 0 Å². The van der Waals surface area contributed by atoms with Crippen LogP contribution in [0.2, 0.25) is 0 Å². The summed E-state index contributed by atoms with van der Waals surface area (Å²) in [6, 6.07) is 13.8. The lowest BCUT2D eigenvalue weighted by Crippen LogP contribution is -2.29. The Morgan fingerprint density at radius 1 is 1.21 bits per heavy atom. The minimum absolute atomic E-state index is 0.0766. The molecule has 1 fully saturated rings. The second-order valence-electron chi connectivity index (χ2n) is 5.12. The maximum atomic E-state index is 12.6. The van der Waals surface area contributed by atoms with Crippen LogP contribution in [0.5, 0.6) is 0 Å². The molecule has 0 saturated carbocycles. The van der Waals surface area contributed by atoms with E-state index in [-0.39, 0.29) is 18.4 Å². The van der Waals surface area contributed by atoms with Gasteiger partial charge in [0.05, 0.1) is 0 Å². The first-order valence-corrected chi connectivity index (χ1v) is 6.67. The van der Waals surface area contributed by atoms with Crippen LogP contribution in [-0.2, 0) is 0 Å². The lowest BCUT2D eigenvalue weighted by molar-refractivity contribution is 0.0784. The zero-order valence-electron chi connectivity index (χ0n) is 10.7. The average molecular weight is 255 g/mol. The molecule has 1 unspecified atom stereocenters. The van der Waals surface area contributed by atoms with E-state index in [2.05, 4.69) is 0 Å². The smallest absolute Gasteiger partial charge is 0.254 e. The zero-order chi connectivity index (χ0) is 13.2. The van der Waals surface area contributed by atoms with Crippen molar-refractivity contribution in [3.8, 4) is 0 Å². The second-order valence-corrected chi connectivity index (χ2v) is 5.12. The molecule has 2 aromatic carbocycles. The van der Waals surface area contributed by atoms with Gasteiger partial charge in [0.2, 0.25) is 0 Å². The number of amides is 1. The molecule has 1 atom stereocenters. The molecule has 19 heavy (non-hydrogen) atoms. The summed E-state index contributed by atoms with van der Waals surface area (Å²) in [5.41, 5.74) is 0.761. The van der Waals surface area contributed by atoms with E-state index >= 15 is 0 Å². The number of aliphatic hydroxyl groups is 1. The molecule has 2 aromatic rings. The first-order chi connectivity index (χ1) is 9.29. The number of hydrogen-bond donors (Lipinski definition) is 1. The van der Waals surface area contributed by atoms with Crippen LogP contribution in [0.4, 0.5) is 0 Å². The molecule has 3 heteroatoms. The van der Waals surface area contributed by atoms with E-state index in [1.54, 1.807) is 0 Å². The van der Waals surface area contributed by atoms with Crippen LogP contribution in [0.25, 0.3) is 10.8 Å². The first kappa shape index (κ1) is 12.2. The summed E-state index contributed by atoms with van der Waals surface area (Å²) in [5, 5.41) is 11.3. The highest BCUT2D eigenvalue weighted by Gasteiger charge is 2.26. The quantitative estimate of drug-likeness (QED) is 0.894. The topological polar surface area (TPSA) is 40.5 Å². The highest BCUT2D eigenvalue weighted by Crippen LogP contribution is 2.23. The third kappa shape index (κ3) is 2.22. The van der Waals surface area contributed by atoms with E-state index in [9.17, 15) is 4.79 Å². The molecule has 0 radical (unpaired) electrons. The van der Waals surface area contributed by atoms with Gasteiger partial charge in [-0.3, -0.25) is 4.79 Å². The molecule has 0 bridgehead atoms. The fourth-order valence-electron chi connectivity index (χ4n) is 2.75. The molecule has 98 valence electrons. The number of carbonyl (C=O) groups excluding carboxylic acids is 1. The summed E-state index contributed by atoms with van der Waals surface area (Å²) >= 11 is 0. The van der Waals surface area contributed by atoms with Crippen molar-refractivity contribution in [2.45, 2.75) is 6.42 Å². The van der Waals surface area contributed by atoms with E-state index in [0.29, 0.717) is 6.54 Å². The lowest BCUT2D eigenvalue weighted by atomic mass is 10.0. The summed E-state index contributed by atoms with van der Waals surface area (Å²) in [5.74, 6) is 0.312. The molecule has 1 amide bonds. The second kappa shape index (κ2) is 5.02. The molecular formula is C16H17NO2. The molecule has 1 saturated heterocycles. The fraction of sp³-hybridized carbons (Fsp3) is 0.312. The van der Waals surface area contributed by atoms with Crippen molar-refractivity contribution >= 4 is 16.7 Å². The standard InChI is InChI=1S/C16H17NO2/c18-11-12-8-9-17(10-12)16(19)15-7-3-5-13-4-1-2-6-14(13)15/h1-7,12,18H,8-11H2. The molecular weight excluding hydrogens is 238 g/mol. The summed E-state index contributed by atoms with van der Waals surface area (Å²) in [7, 11) is 0. The van der Waals surface area contributed by atoms with Gasteiger partial charge in [0.25, 0.3) is 5.91 Å². The molecule has 0 aromatic heterocycles. The molecule has 0 spiro atoms. The van der Waals surface area contributed by atoms with Crippen LogP contribution in [0.15, 0.2) is 42.5 Å². The molecule has 3 rings (SSSR count). The van der Waals surface area contributed by atoms with Crippen molar-refractivity contribution < 1.29 is 9.90 Å². The van der Waals surface area contributed by atoms with Crippen molar-refractivity contribution in [3.63, 3.8) is 0 Å². The van der Waals surface area contributed by atoms with Crippen molar-refractivity contribution in [2.75, 3.05) is 19.7 Å². The predicted molar refractivity (Wildman–Crippen MR) is 75.0 cm³/mol. The summed E-state index contributed by atoms with van der Waals surface area (Å²) in [4.78, 5) is 14.4. The minimum Gasteiger partial charge on any atom is -0.396 e. The van der Waals surface area contributed by atoms with Gasteiger partial charge >= 0.3 is 0 Å². The molecule has 1 heterocycles. The highest BCUT2D eigenvalue weighted by molar-refractivity contribution is 6.07. The van der Waals surface area contributed by atoms with Gasteiger partial charge in [-0.2, -0.15) is 0 Å². The van der Waals surface area contributed by atoms with E-state index < -0.39 is 0 Å². The average Bonchev–Trinajstić information content (AvgIpc) is 2.95. The highest BCUT2D eigenvalue weighted by atomic mass is 16.3. The van der Waals surface area contributed by atoms with E-state index in [1.807, 2.05) is 47.4 Å². The Balaban J connectivity index is 1.94. The number of nitrogens with zero attached hydrogens (tertiary/aromatic N) is 1. The summed E-state index contributed by atoms with van der Waals surface area (Å²) in [6.07, 6.45) is 0.896. The van der Waals surface area contributed by atoms with Crippen molar-refractivity contribution in [3.05, 3.63) is 48.0 Å². The third-order valence-electron chi connectivity index (χ3n) is 3.85. The van der Waals surface area contributed by atoms with Crippen LogP contribution < -0.4 is 0 Å². The maximum Gasteiger partial charge on any atom is 0.254 e. The zero-order valence-corrected chi connectivity index (χ0v) is 10.7. The molecule has 3 nitrogen and oxygen atoms in total. The van der Waals surface area contributed by atoms with Crippen LogP contribution in [0.3, 0.4) is 0 Å². The number of hydrogen-bond acceptors (Lipinski definition) is 2. The SMILES string of the molecule is O=C(c1cccc2ccccc12)N1CCC(CO)C1. The fourth-order valence-corrected chi connectivity index (χ4v) is 2.75. The number of fused-ring (bicyclic) bond motifs is 1. The van der Waals surface area contributed by atoms with Crippen LogP contribution >= 0.6 is 0 Å². The number of benzene rings is 2. The Bertz CT molecular complexity index is 603. The Morgan fingerprint density at radius 3 is 2.79 bits per heavy atom. The Kier molecular flexibility index (Phi) is 3.22. The number of aliphatic hydroxyl groups excluding tert-OH is 1. The number of rotatable bonds is 2. The predicted octanol–water partition coefficient (Wildman–Crippen LogP) is 2.29. The van der Waals surface area contributed by atoms with E-state index in [4.69, 9.17) is 5.11 Å². The Labute approximate surface area is 112 Å². The molecule has 1 aliphatic rings. The van der Waals surface area contributed by atoms with Gasteiger partial charge in [-0.15, -0.1) is 0 Å². The summed E-state index contributed by atoms with van der Waals surface area (Å²) in [6.45, 7) is 1.57. The van der Waals surface area contributed by atoms with Crippen LogP contribution in [0, 0.1) is 5.92 Å². The monoisotopic (exact) mass is 255 g/mol. The summed E-state index contributed by atoms with van der Waals surface area (Å²) < 4.78 is 0. The van der Waals surface area contributed by atoms with Crippen LogP contribution in [0.1, 0.15) is 16.8 Å². The Morgan fingerprint density at radius 2 is 2.00 bits per heavy atom. The van der Waals surface area contributed by atoms with Gasteiger partial charge in [-0.05, 0) is 23.3 Å². The number of likely N-dealkylation sites (tertiary alicyclic amines) is 1. The maximum absolute atomic E-state index is 12.6. The normalized spacial score (nSPS) is 19.0. The largest absolute Gasteiger partial charge is 0.396 e. The van der Waals surface area contributed by atoms with Crippen molar-refractivity contribution in [2.24, 2.45) is 5.92 Å². The Hall–Kier alpha value is -1.87. The van der Waals surface area contributed by atoms with Crippen molar-refractivity contribution in [1.29, 1.82) is 0 Å². The van der Waals surface area contributed by atoms with Gasteiger partial charge in [-0.1, -0.05) is 36.4 Å². The van der Waals surface area contributed by atoms with Gasteiger partial charge in [0.1, 0.15) is 0 Å². The third-order valence-corrected chi connectivity index (χ3v) is 3.85.